The smallest absolute Gasteiger partial charge is 0.269 e. The zero-order chi connectivity index (χ0) is 18.2. The van der Waals surface area contributed by atoms with Crippen LogP contribution in [0.4, 0.5) is 5.69 Å². The molecular weight excluding hydrogens is 324 g/mol. The molecule has 25 heavy (non-hydrogen) atoms. The van der Waals surface area contributed by atoms with Crippen LogP contribution >= 0.6 is 0 Å². The van der Waals surface area contributed by atoms with Crippen molar-refractivity contribution in [3.63, 3.8) is 0 Å². The Balaban J connectivity index is 1.94. The molecule has 0 saturated carbocycles. The van der Waals surface area contributed by atoms with Gasteiger partial charge in [-0.3, -0.25) is 15.1 Å². The van der Waals surface area contributed by atoms with Gasteiger partial charge in [0, 0.05) is 17.8 Å². The number of ether oxygens (including phenoxy) is 2. The highest BCUT2D eigenvalue weighted by atomic mass is 16.6. The molecule has 0 heterocycles. The predicted molar refractivity (Wildman–Crippen MR) is 94.2 cm³/mol. The topological polar surface area (TPSA) is 94.2 Å². The molecule has 0 spiro atoms. The zero-order valence-electron chi connectivity index (χ0n) is 14.1. The third-order valence-electron chi connectivity index (χ3n) is 3.61. The Hall–Kier alpha value is -2.93. The van der Waals surface area contributed by atoms with E-state index in [2.05, 4.69) is 4.99 Å². The SMILES string of the molecule is CCC(=NCOCc1ccc([N+](=O)[O-])cc1)c1ccc(OC)c(O)c1. The summed E-state index contributed by atoms with van der Waals surface area (Å²) in [7, 11) is 1.50. The van der Waals surface area contributed by atoms with Gasteiger partial charge >= 0.3 is 0 Å². The van der Waals surface area contributed by atoms with E-state index in [4.69, 9.17) is 9.47 Å². The van der Waals surface area contributed by atoms with Crippen LogP contribution in [-0.2, 0) is 11.3 Å². The highest BCUT2D eigenvalue weighted by Gasteiger charge is 2.07. The van der Waals surface area contributed by atoms with Crippen LogP contribution in [0.1, 0.15) is 24.5 Å². The number of methoxy groups -OCH3 is 1. The van der Waals surface area contributed by atoms with Gasteiger partial charge in [-0.25, -0.2) is 0 Å². The highest BCUT2D eigenvalue weighted by Crippen LogP contribution is 2.26. The molecule has 0 saturated heterocycles. The molecule has 1 N–H and O–H groups in total. The van der Waals surface area contributed by atoms with Crippen molar-refractivity contribution in [3.8, 4) is 11.5 Å². The van der Waals surface area contributed by atoms with Gasteiger partial charge in [0.05, 0.1) is 18.6 Å². The monoisotopic (exact) mass is 344 g/mol. The number of hydrogen-bond acceptors (Lipinski definition) is 6. The Bertz CT molecular complexity index is 757. The molecule has 0 aliphatic heterocycles. The van der Waals surface area contributed by atoms with Crippen LogP contribution in [0.25, 0.3) is 0 Å². The normalized spacial score (nSPS) is 11.4. The van der Waals surface area contributed by atoms with E-state index < -0.39 is 4.92 Å². The Kier molecular flexibility index (Phi) is 6.47. The van der Waals surface area contributed by atoms with Crippen LogP contribution in [0.2, 0.25) is 0 Å². The van der Waals surface area contributed by atoms with Gasteiger partial charge in [-0.1, -0.05) is 6.92 Å². The number of phenols is 1. The highest BCUT2D eigenvalue weighted by molar-refractivity contribution is 6.00. The molecule has 0 bridgehead atoms. The van der Waals surface area contributed by atoms with Crippen molar-refractivity contribution in [1.29, 1.82) is 0 Å². The third-order valence-corrected chi connectivity index (χ3v) is 3.61. The van der Waals surface area contributed by atoms with Crippen LogP contribution < -0.4 is 4.74 Å². The molecule has 0 fully saturated rings. The molecule has 0 amide bonds. The van der Waals surface area contributed by atoms with Gasteiger partial charge in [0.25, 0.3) is 5.69 Å². The van der Waals surface area contributed by atoms with Gasteiger partial charge in [0.15, 0.2) is 11.5 Å². The average molecular weight is 344 g/mol. The van der Waals surface area contributed by atoms with Crippen molar-refractivity contribution < 1.29 is 19.5 Å². The maximum Gasteiger partial charge on any atom is 0.269 e. The first kappa shape index (κ1) is 18.4. The lowest BCUT2D eigenvalue weighted by atomic mass is 10.1. The molecule has 2 aromatic carbocycles. The lowest BCUT2D eigenvalue weighted by Gasteiger charge is -2.08. The van der Waals surface area contributed by atoms with E-state index in [0.717, 1.165) is 16.8 Å². The Labute approximate surface area is 145 Å². The molecule has 0 aromatic heterocycles. The summed E-state index contributed by atoms with van der Waals surface area (Å²) in [6, 6.07) is 11.3. The molecule has 0 radical (unpaired) electrons. The van der Waals surface area contributed by atoms with Gasteiger partial charge in [-0.2, -0.15) is 0 Å². The van der Waals surface area contributed by atoms with Crippen molar-refractivity contribution in [1.82, 2.24) is 0 Å². The van der Waals surface area contributed by atoms with Gasteiger partial charge in [-0.15, -0.1) is 0 Å². The molecule has 132 valence electrons. The Morgan fingerprint density at radius 3 is 2.52 bits per heavy atom. The lowest BCUT2D eigenvalue weighted by molar-refractivity contribution is -0.384. The second kappa shape index (κ2) is 8.79. The predicted octanol–water partition coefficient (Wildman–Crippen LogP) is 3.68. The summed E-state index contributed by atoms with van der Waals surface area (Å²) < 4.78 is 10.5. The molecule has 7 nitrogen and oxygen atoms in total. The van der Waals surface area contributed by atoms with Crippen LogP contribution in [0.5, 0.6) is 11.5 Å². The van der Waals surface area contributed by atoms with Crippen LogP contribution in [0, 0.1) is 10.1 Å². The summed E-state index contributed by atoms with van der Waals surface area (Å²) >= 11 is 0. The van der Waals surface area contributed by atoms with Crippen molar-refractivity contribution in [2.75, 3.05) is 13.8 Å². The Morgan fingerprint density at radius 1 is 1.24 bits per heavy atom. The number of phenolic OH excluding ortho intramolecular Hbond substituents is 1. The molecule has 0 atom stereocenters. The van der Waals surface area contributed by atoms with E-state index in [0.29, 0.717) is 18.8 Å². The van der Waals surface area contributed by atoms with E-state index in [9.17, 15) is 15.2 Å². The molecule has 0 aliphatic rings. The molecule has 2 rings (SSSR count). The summed E-state index contributed by atoms with van der Waals surface area (Å²) in [6.45, 7) is 2.44. The van der Waals surface area contributed by atoms with E-state index in [1.165, 1.54) is 19.2 Å². The standard InChI is InChI=1S/C18H20N2O5/c1-3-16(14-6-9-18(24-2)17(21)10-14)19-12-25-11-13-4-7-15(8-5-13)20(22)23/h4-10,21H,3,11-12H2,1-2H3. The van der Waals surface area contributed by atoms with Crippen LogP contribution in [0.3, 0.4) is 0 Å². The van der Waals surface area contributed by atoms with Gasteiger partial charge < -0.3 is 14.6 Å². The number of hydrogen-bond donors (Lipinski definition) is 1. The van der Waals surface area contributed by atoms with Gasteiger partial charge in [0.1, 0.15) is 6.73 Å². The fourth-order valence-electron chi connectivity index (χ4n) is 2.28. The number of aromatic hydroxyl groups is 1. The number of benzene rings is 2. The van der Waals surface area contributed by atoms with Gasteiger partial charge in [0.2, 0.25) is 0 Å². The van der Waals surface area contributed by atoms with Crippen molar-refractivity contribution in [2.24, 2.45) is 4.99 Å². The first-order chi connectivity index (χ1) is 12.0. The summed E-state index contributed by atoms with van der Waals surface area (Å²) in [5.41, 5.74) is 2.50. The first-order valence-electron chi connectivity index (χ1n) is 7.77. The maximum absolute atomic E-state index is 10.6. The third kappa shape index (κ3) is 5.02. The number of aliphatic imine (C=N–C) groups is 1. The quantitative estimate of drug-likeness (QED) is 0.341. The average Bonchev–Trinajstić information content (AvgIpc) is 2.62. The minimum absolute atomic E-state index is 0.0503. The second-order valence-electron chi connectivity index (χ2n) is 5.25. The number of nitro benzene ring substituents is 1. The van der Waals surface area contributed by atoms with Crippen molar-refractivity contribution in [3.05, 3.63) is 63.7 Å². The zero-order valence-corrected chi connectivity index (χ0v) is 14.1. The number of rotatable bonds is 8. The van der Waals surface area contributed by atoms with Crippen LogP contribution in [0.15, 0.2) is 47.5 Å². The largest absolute Gasteiger partial charge is 0.504 e. The van der Waals surface area contributed by atoms with E-state index >= 15 is 0 Å². The minimum Gasteiger partial charge on any atom is -0.504 e. The fourth-order valence-corrected chi connectivity index (χ4v) is 2.28. The first-order valence-corrected chi connectivity index (χ1v) is 7.77. The summed E-state index contributed by atoms with van der Waals surface area (Å²) in [6.07, 6.45) is 0.687. The molecular formula is C18H20N2O5. The minimum atomic E-state index is -0.438. The summed E-state index contributed by atoms with van der Waals surface area (Å²) in [5, 5.41) is 20.5. The van der Waals surface area contributed by atoms with Crippen molar-refractivity contribution >= 4 is 11.4 Å². The Morgan fingerprint density at radius 2 is 1.96 bits per heavy atom. The summed E-state index contributed by atoms with van der Waals surface area (Å²) in [4.78, 5) is 14.6. The molecule has 7 heteroatoms. The lowest BCUT2D eigenvalue weighted by Crippen LogP contribution is -2.03. The second-order valence-corrected chi connectivity index (χ2v) is 5.25. The van der Waals surface area contributed by atoms with Crippen molar-refractivity contribution in [2.45, 2.75) is 20.0 Å². The number of nitrogens with zero attached hydrogens (tertiary/aromatic N) is 2. The molecule has 0 unspecified atom stereocenters. The van der Waals surface area contributed by atoms with E-state index in [-0.39, 0.29) is 18.2 Å². The van der Waals surface area contributed by atoms with E-state index in [1.807, 2.05) is 13.0 Å². The fraction of sp³-hybridized carbons (Fsp3) is 0.278. The number of nitro groups is 1. The number of non-ortho nitro benzene ring substituents is 1. The molecule has 0 aliphatic carbocycles. The van der Waals surface area contributed by atoms with Crippen LogP contribution in [-0.4, -0.2) is 29.6 Å². The molecule has 2 aromatic rings. The maximum atomic E-state index is 10.6. The van der Waals surface area contributed by atoms with Gasteiger partial charge in [-0.05, 0) is 47.9 Å². The summed E-state index contributed by atoms with van der Waals surface area (Å²) in [5.74, 6) is 0.474. The van der Waals surface area contributed by atoms with E-state index in [1.54, 1.807) is 24.3 Å².